The van der Waals surface area contributed by atoms with Gasteiger partial charge in [0.2, 0.25) is 0 Å². The molecule has 0 aliphatic carbocycles. The Labute approximate surface area is 123 Å². The van der Waals surface area contributed by atoms with Crippen LogP contribution in [-0.2, 0) is 14.3 Å². The first-order chi connectivity index (χ1) is 8.58. The van der Waals surface area contributed by atoms with Crippen LogP contribution in [0.5, 0.6) is 0 Å². The first kappa shape index (κ1) is 17.6. The predicted octanol–water partition coefficient (Wildman–Crippen LogP) is 1.46. The number of carbonyl (C=O) groups excluding carboxylic acids is 1. The Balaban J connectivity index is 4.58. The zero-order chi connectivity index (χ0) is 14.0. The highest BCUT2D eigenvalue weighted by molar-refractivity contribution is 14.1. The number of rotatable bonds is 9. The lowest BCUT2D eigenvalue weighted by Crippen LogP contribution is -2.45. The third-order valence-corrected chi connectivity index (χ3v) is 3.44. The van der Waals surface area contributed by atoms with Crippen LogP contribution in [0, 0.1) is 17.2 Å². The van der Waals surface area contributed by atoms with Crippen LogP contribution in [0.1, 0.15) is 13.8 Å². The van der Waals surface area contributed by atoms with E-state index in [0.29, 0.717) is 19.8 Å². The summed E-state index contributed by atoms with van der Waals surface area (Å²) in [5.74, 6) is -0.379. The summed E-state index contributed by atoms with van der Waals surface area (Å²) in [5, 5.41) is 8.88. The van der Waals surface area contributed by atoms with E-state index in [4.69, 9.17) is 14.7 Å². The van der Waals surface area contributed by atoms with Crippen molar-refractivity contribution in [2.45, 2.75) is 19.9 Å². The largest absolute Gasteiger partial charge is 0.465 e. The zero-order valence-corrected chi connectivity index (χ0v) is 13.3. The summed E-state index contributed by atoms with van der Waals surface area (Å²) in [6.07, 6.45) is 0. The molecule has 5 nitrogen and oxygen atoms in total. The highest BCUT2D eigenvalue weighted by atomic mass is 127. The average Bonchev–Trinajstić information content (AvgIpc) is 2.35. The molecule has 6 heteroatoms. The van der Waals surface area contributed by atoms with Gasteiger partial charge in [-0.05, 0) is 13.8 Å². The van der Waals surface area contributed by atoms with Crippen LogP contribution in [0.15, 0.2) is 0 Å². The number of alkyl halides is 1. The smallest absolute Gasteiger partial charge is 0.320 e. The molecule has 0 saturated heterocycles. The van der Waals surface area contributed by atoms with Gasteiger partial charge >= 0.3 is 5.97 Å². The standard InChI is InChI=1S/C12H21IN2O3/c1-4-18-12(16)8-15(7-10(2)6-14)11(5-13)9-17-3/h10-11H,4-5,7-9H2,1-3H3. The molecule has 0 rings (SSSR count). The van der Waals surface area contributed by atoms with Gasteiger partial charge in [-0.25, -0.2) is 0 Å². The van der Waals surface area contributed by atoms with Crippen molar-refractivity contribution in [3.63, 3.8) is 0 Å². The van der Waals surface area contributed by atoms with Gasteiger partial charge < -0.3 is 9.47 Å². The van der Waals surface area contributed by atoms with Crippen molar-refractivity contribution in [3.05, 3.63) is 0 Å². The number of methoxy groups -OCH3 is 1. The first-order valence-corrected chi connectivity index (χ1v) is 7.45. The molecule has 2 unspecified atom stereocenters. The molecule has 0 spiro atoms. The quantitative estimate of drug-likeness (QED) is 0.350. The van der Waals surface area contributed by atoms with Crippen molar-refractivity contribution in [1.29, 1.82) is 5.26 Å². The number of nitriles is 1. The van der Waals surface area contributed by atoms with E-state index in [1.54, 1.807) is 14.0 Å². The van der Waals surface area contributed by atoms with E-state index >= 15 is 0 Å². The maximum Gasteiger partial charge on any atom is 0.320 e. The molecule has 104 valence electrons. The fourth-order valence-corrected chi connectivity index (χ4v) is 2.36. The van der Waals surface area contributed by atoms with Gasteiger partial charge in [-0.15, -0.1) is 0 Å². The summed E-state index contributed by atoms with van der Waals surface area (Å²) < 4.78 is 10.9. The van der Waals surface area contributed by atoms with Gasteiger partial charge in [0.1, 0.15) is 0 Å². The maximum absolute atomic E-state index is 11.6. The molecule has 0 aliphatic heterocycles. The fourth-order valence-electron chi connectivity index (χ4n) is 1.55. The van der Waals surface area contributed by atoms with Crippen LogP contribution < -0.4 is 0 Å². The van der Waals surface area contributed by atoms with Crippen molar-refractivity contribution in [2.24, 2.45) is 5.92 Å². The molecule has 0 N–H and O–H groups in total. The van der Waals surface area contributed by atoms with E-state index in [2.05, 4.69) is 28.7 Å². The Morgan fingerprint density at radius 1 is 1.56 bits per heavy atom. The van der Waals surface area contributed by atoms with E-state index in [0.717, 1.165) is 4.43 Å². The first-order valence-electron chi connectivity index (χ1n) is 5.93. The zero-order valence-electron chi connectivity index (χ0n) is 11.2. The lowest BCUT2D eigenvalue weighted by atomic mass is 10.1. The van der Waals surface area contributed by atoms with E-state index in [1.165, 1.54) is 0 Å². The molecule has 0 aliphatic rings. The molecule has 2 atom stereocenters. The van der Waals surface area contributed by atoms with Crippen molar-refractivity contribution in [3.8, 4) is 6.07 Å². The minimum atomic E-state index is -0.256. The summed E-state index contributed by atoms with van der Waals surface area (Å²) in [6.45, 7) is 5.30. The SMILES string of the molecule is CCOC(=O)CN(CC(C)C#N)C(CI)COC. The number of hydrogen-bond donors (Lipinski definition) is 0. The van der Waals surface area contributed by atoms with Crippen molar-refractivity contribution in [1.82, 2.24) is 4.90 Å². The van der Waals surface area contributed by atoms with Crippen molar-refractivity contribution in [2.75, 3.05) is 37.8 Å². The highest BCUT2D eigenvalue weighted by Gasteiger charge is 2.22. The number of halogens is 1. The summed E-state index contributed by atoms with van der Waals surface area (Å²) >= 11 is 2.26. The summed E-state index contributed by atoms with van der Waals surface area (Å²) in [7, 11) is 1.63. The molecular formula is C12H21IN2O3. The molecule has 0 amide bonds. The van der Waals surface area contributed by atoms with Crippen molar-refractivity contribution >= 4 is 28.6 Å². The van der Waals surface area contributed by atoms with E-state index in [1.807, 2.05) is 11.8 Å². The van der Waals surface area contributed by atoms with Crippen LogP contribution in [0.25, 0.3) is 0 Å². The van der Waals surface area contributed by atoms with Gasteiger partial charge in [0.15, 0.2) is 0 Å². The third kappa shape index (κ3) is 7.13. The second-order valence-electron chi connectivity index (χ2n) is 4.03. The normalized spacial score (nSPS) is 14.0. The highest BCUT2D eigenvalue weighted by Crippen LogP contribution is 2.08. The van der Waals surface area contributed by atoms with Crippen LogP contribution in [0.3, 0.4) is 0 Å². The minimum Gasteiger partial charge on any atom is -0.465 e. The van der Waals surface area contributed by atoms with Gasteiger partial charge in [0.05, 0.1) is 31.7 Å². The van der Waals surface area contributed by atoms with Gasteiger partial charge in [0.25, 0.3) is 0 Å². The molecule has 0 heterocycles. The summed E-state index contributed by atoms with van der Waals surface area (Å²) in [4.78, 5) is 13.5. The number of carbonyl (C=O) groups is 1. The van der Waals surface area contributed by atoms with E-state index in [9.17, 15) is 4.79 Å². The van der Waals surface area contributed by atoms with Gasteiger partial charge in [-0.1, -0.05) is 22.6 Å². The molecule has 0 saturated carbocycles. The van der Waals surface area contributed by atoms with Crippen LogP contribution in [0.4, 0.5) is 0 Å². The molecule has 0 aromatic carbocycles. The maximum atomic E-state index is 11.6. The molecule has 0 fully saturated rings. The second-order valence-corrected chi connectivity index (χ2v) is 4.91. The lowest BCUT2D eigenvalue weighted by Gasteiger charge is -2.29. The Hall–Kier alpha value is -0.390. The van der Waals surface area contributed by atoms with Gasteiger partial charge in [0, 0.05) is 24.1 Å². The summed E-state index contributed by atoms with van der Waals surface area (Å²) in [6, 6.07) is 2.31. The Kier molecular flexibility index (Phi) is 10.3. The Morgan fingerprint density at radius 2 is 2.22 bits per heavy atom. The van der Waals surface area contributed by atoms with E-state index < -0.39 is 0 Å². The minimum absolute atomic E-state index is 0.121. The topological polar surface area (TPSA) is 62.6 Å². The Bertz CT molecular complexity index is 281. The van der Waals surface area contributed by atoms with Gasteiger partial charge in [-0.3, -0.25) is 9.69 Å². The van der Waals surface area contributed by atoms with Crippen LogP contribution in [-0.4, -0.2) is 54.8 Å². The van der Waals surface area contributed by atoms with Crippen molar-refractivity contribution < 1.29 is 14.3 Å². The average molecular weight is 368 g/mol. The Morgan fingerprint density at radius 3 is 2.67 bits per heavy atom. The predicted molar refractivity (Wildman–Crippen MR) is 77.5 cm³/mol. The molecule has 0 aromatic heterocycles. The second kappa shape index (κ2) is 10.5. The number of esters is 1. The third-order valence-electron chi connectivity index (χ3n) is 2.42. The fraction of sp³-hybridized carbons (Fsp3) is 0.833. The number of hydrogen-bond acceptors (Lipinski definition) is 5. The number of nitrogens with zero attached hydrogens (tertiary/aromatic N) is 2. The lowest BCUT2D eigenvalue weighted by molar-refractivity contribution is -0.145. The molecule has 18 heavy (non-hydrogen) atoms. The van der Waals surface area contributed by atoms with Gasteiger partial charge in [-0.2, -0.15) is 5.26 Å². The molecule has 0 radical (unpaired) electrons. The number of ether oxygens (including phenoxy) is 2. The summed E-state index contributed by atoms with van der Waals surface area (Å²) in [5.41, 5.74) is 0. The molecule has 0 aromatic rings. The monoisotopic (exact) mass is 368 g/mol. The molecule has 0 bridgehead atoms. The van der Waals surface area contributed by atoms with Crippen LogP contribution >= 0.6 is 22.6 Å². The van der Waals surface area contributed by atoms with Crippen LogP contribution in [0.2, 0.25) is 0 Å². The van der Waals surface area contributed by atoms with E-state index in [-0.39, 0.29) is 24.5 Å². The molecular weight excluding hydrogens is 347 g/mol.